The van der Waals surface area contributed by atoms with Crippen LogP contribution in [0.25, 0.3) is 6.08 Å². The lowest BCUT2D eigenvalue weighted by molar-refractivity contribution is -0.148. The average Bonchev–Trinajstić information content (AvgIpc) is 3.61. The van der Waals surface area contributed by atoms with Crippen molar-refractivity contribution < 1.29 is 19.4 Å². The number of aryl methyl sites for hydroxylation is 1. The van der Waals surface area contributed by atoms with Crippen LogP contribution in [0, 0.1) is 12.8 Å². The van der Waals surface area contributed by atoms with E-state index in [2.05, 4.69) is 10.2 Å². The van der Waals surface area contributed by atoms with E-state index in [9.17, 15) is 14.7 Å². The summed E-state index contributed by atoms with van der Waals surface area (Å²) < 4.78 is 6.31. The number of hydrogen-bond donors (Lipinski definition) is 2. The van der Waals surface area contributed by atoms with E-state index in [0.717, 1.165) is 48.5 Å². The van der Waals surface area contributed by atoms with Crippen molar-refractivity contribution in [1.29, 1.82) is 0 Å². The Bertz CT molecular complexity index is 1300. The van der Waals surface area contributed by atoms with Gasteiger partial charge in [-0.3, -0.25) is 14.5 Å². The molecule has 2 N–H and O–H groups in total. The number of phenolic OH excluding ortho intramolecular Hbond substituents is 1. The summed E-state index contributed by atoms with van der Waals surface area (Å²) >= 11 is 0. The van der Waals surface area contributed by atoms with Crippen LogP contribution >= 0.6 is 0 Å². The van der Waals surface area contributed by atoms with Gasteiger partial charge in [0.2, 0.25) is 5.91 Å². The molecule has 186 valence electrons. The van der Waals surface area contributed by atoms with Crippen molar-refractivity contribution in [2.75, 3.05) is 13.1 Å². The van der Waals surface area contributed by atoms with Crippen LogP contribution in [0.5, 0.6) is 11.5 Å². The highest BCUT2D eigenvalue weighted by atomic mass is 16.5. The fraction of sp³-hybridized carbons (Fsp3) is 0.467. The quantitative estimate of drug-likeness (QED) is 0.633. The number of amides is 1. The summed E-state index contributed by atoms with van der Waals surface area (Å²) in [5, 5.41) is 14.2. The predicted molar refractivity (Wildman–Crippen MR) is 136 cm³/mol. The Kier molecular flexibility index (Phi) is 4.72. The average molecular weight is 485 g/mol. The monoisotopic (exact) mass is 484 g/mol. The molecule has 0 radical (unpaired) electrons. The molecule has 6 nitrogen and oxygen atoms in total. The lowest BCUT2D eigenvalue weighted by atomic mass is 9.47. The molecule has 1 amide bonds. The maximum absolute atomic E-state index is 13.6. The third-order valence-electron chi connectivity index (χ3n) is 9.46. The van der Waals surface area contributed by atoms with E-state index in [4.69, 9.17) is 4.74 Å². The summed E-state index contributed by atoms with van der Waals surface area (Å²) in [6, 6.07) is 11.9. The summed E-state index contributed by atoms with van der Waals surface area (Å²) in [4.78, 5) is 29.5. The molecule has 2 aromatic rings. The molecule has 2 aliphatic heterocycles. The molecule has 2 bridgehead atoms. The number of rotatable bonds is 5. The Hall–Kier alpha value is -3.12. The molecule has 0 aromatic heterocycles. The van der Waals surface area contributed by atoms with Crippen molar-refractivity contribution in [1.82, 2.24) is 10.2 Å². The first-order chi connectivity index (χ1) is 17.4. The molecule has 6 heteroatoms. The van der Waals surface area contributed by atoms with Gasteiger partial charge in [0, 0.05) is 30.6 Å². The van der Waals surface area contributed by atoms with Crippen molar-refractivity contribution in [3.63, 3.8) is 0 Å². The van der Waals surface area contributed by atoms with Gasteiger partial charge in [0.25, 0.3) is 0 Å². The van der Waals surface area contributed by atoms with Gasteiger partial charge < -0.3 is 15.2 Å². The van der Waals surface area contributed by atoms with E-state index < -0.39 is 17.1 Å². The Balaban J connectivity index is 1.33. The fourth-order valence-corrected chi connectivity index (χ4v) is 7.67. The minimum Gasteiger partial charge on any atom is -0.504 e. The highest BCUT2D eigenvalue weighted by Gasteiger charge is 2.73. The second-order valence-corrected chi connectivity index (χ2v) is 11.5. The second-order valence-electron chi connectivity index (χ2n) is 11.5. The molecule has 1 spiro atoms. The van der Waals surface area contributed by atoms with Gasteiger partial charge in [0.15, 0.2) is 23.4 Å². The molecule has 2 heterocycles. The number of Topliss-reactive ketones (excluding diaryl/α,β-unsaturated/α-hetero) is 1. The highest BCUT2D eigenvalue weighted by molar-refractivity contribution is 5.95. The van der Waals surface area contributed by atoms with Gasteiger partial charge in [0.05, 0.1) is 11.0 Å². The molecule has 7 rings (SSSR count). The van der Waals surface area contributed by atoms with Crippen LogP contribution < -0.4 is 10.1 Å². The Morgan fingerprint density at radius 2 is 2.00 bits per heavy atom. The molecule has 2 aromatic carbocycles. The van der Waals surface area contributed by atoms with Crippen LogP contribution in [0.15, 0.2) is 42.5 Å². The van der Waals surface area contributed by atoms with E-state index >= 15 is 0 Å². The summed E-state index contributed by atoms with van der Waals surface area (Å²) in [6.45, 7) is 3.96. The third-order valence-corrected chi connectivity index (χ3v) is 9.46. The second kappa shape index (κ2) is 7.69. The van der Waals surface area contributed by atoms with Crippen molar-refractivity contribution in [2.45, 2.75) is 68.5 Å². The number of carbonyl (C=O) groups excluding carboxylic acids is 2. The SMILES string of the molecule is Cc1ccc(C=CC(=O)NC23CCC(=O)C4Oc5c(O)ccc6c5C42CCN(CC2CC2)C3C6)cc1. The first-order valence-electron chi connectivity index (χ1n) is 13.3. The van der Waals surface area contributed by atoms with Crippen molar-refractivity contribution in [2.24, 2.45) is 5.92 Å². The zero-order valence-corrected chi connectivity index (χ0v) is 20.6. The molecule has 3 fully saturated rings. The lowest BCUT2D eigenvalue weighted by Crippen LogP contribution is -2.81. The molecule has 2 saturated carbocycles. The largest absolute Gasteiger partial charge is 0.504 e. The van der Waals surface area contributed by atoms with Crippen LogP contribution in [0.3, 0.4) is 0 Å². The van der Waals surface area contributed by atoms with Gasteiger partial charge >= 0.3 is 0 Å². The molecule has 1 saturated heterocycles. The number of aromatic hydroxyl groups is 1. The van der Waals surface area contributed by atoms with Gasteiger partial charge in [-0.05, 0) is 74.8 Å². The number of ketones is 1. The minimum atomic E-state index is -0.666. The number of hydrogen-bond acceptors (Lipinski definition) is 5. The number of nitrogens with zero attached hydrogens (tertiary/aromatic N) is 1. The van der Waals surface area contributed by atoms with Gasteiger partial charge in [-0.25, -0.2) is 0 Å². The fourth-order valence-electron chi connectivity index (χ4n) is 7.67. The molecule has 5 aliphatic rings. The van der Waals surface area contributed by atoms with Crippen molar-refractivity contribution >= 4 is 17.8 Å². The van der Waals surface area contributed by atoms with Crippen LogP contribution in [0.1, 0.15) is 54.4 Å². The third kappa shape index (κ3) is 3.00. The Morgan fingerprint density at radius 1 is 1.19 bits per heavy atom. The molecular formula is C30H32N2O4. The van der Waals surface area contributed by atoms with E-state index in [1.807, 2.05) is 43.3 Å². The topological polar surface area (TPSA) is 78.9 Å². The van der Waals surface area contributed by atoms with Crippen LogP contribution in [-0.4, -0.2) is 52.5 Å². The number of benzene rings is 2. The predicted octanol–water partition coefficient (Wildman–Crippen LogP) is 3.67. The Morgan fingerprint density at radius 3 is 2.78 bits per heavy atom. The van der Waals surface area contributed by atoms with E-state index in [1.165, 1.54) is 18.4 Å². The Labute approximate surface area is 211 Å². The number of carbonyl (C=O) groups is 2. The maximum atomic E-state index is 13.6. The molecule has 3 aliphatic carbocycles. The molecule has 4 unspecified atom stereocenters. The zero-order valence-electron chi connectivity index (χ0n) is 20.6. The molecule has 36 heavy (non-hydrogen) atoms. The number of phenols is 1. The van der Waals surface area contributed by atoms with Gasteiger partial charge in [-0.1, -0.05) is 35.9 Å². The zero-order chi connectivity index (χ0) is 24.7. The van der Waals surface area contributed by atoms with Crippen LogP contribution in [0.4, 0.5) is 0 Å². The normalized spacial score (nSPS) is 32.3. The number of ether oxygens (including phenoxy) is 1. The van der Waals surface area contributed by atoms with E-state index in [-0.39, 0.29) is 23.5 Å². The van der Waals surface area contributed by atoms with Gasteiger partial charge in [-0.2, -0.15) is 0 Å². The van der Waals surface area contributed by atoms with Gasteiger partial charge in [-0.15, -0.1) is 0 Å². The van der Waals surface area contributed by atoms with Crippen LogP contribution in [0.2, 0.25) is 0 Å². The number of piperidine rings is 1. The highest BCUT2D eigenvalue weighted by Crippen LogP contribution is 2.65. The summed E-state index contributed by atoms with van der Waals surface area (Å²) in [7, 11) is 0. The molecular weight excluding hydrogens is 452 g/mol. The van der Waals surface area contributed by atoms with Crippen LogP contribution in [-0.2, 0) is 21.4 Å². The first kappa shape index (κ1) is 22.1. The van der Waals surface area contributed by atoms with E-state index in [1.54, 1.807) is 12.1 Å². The maximum Gasteiger partial charge on any atom is 0.244 e. The summed E-state index contributed by atoms with van der Waals surface area (Å²) in [6.07, 6.45) is 7.82. The smallest absolute Gasteiger partial charge is 0.244 e. The summed E-state index contributed by atoms with van der Waals surface area (Å²) in [5.74, 6) is 1.21. The minimum absolute atomic E-state index is 0.0768. The molecule has 4 atom stereocenters. The van der Waals surface area contributed by atoms with Gasteiger partial charge in [0.1, 0.15) is 0 Å². The number of nitrogens with one attached hydrogen (secondary N) is 1. The van der Waals surface area contributed by atoms with Crippen molar-refractivity contribution in [3.8, 4) is 11.5 Å². The standard InChI is InChI=1S/C30H32N2O4/c1-18-2-4-19(5-3-18)8-11-25(35)31-30-13-12-23(34)28-29(30)14-15-32(17-20-6-7-20)24(30)16-21-9-10-22(33)27(36-28)26(21)29/h2-5,8-11,20,24,28,33H,6-7,12-17H2,1H3,(H,31,35). The lowest BCUT2D eigenvalue weighted by Gasteiger charge is -2.65. The number of likely N-dealkylation sites (tertiary alicyclic amines) is 1. The van der Waals surface area contributed by atoms with Crippen molar-refractivity contribution in [3.05, 3.63) is 64.7 Å². The summed E-state index contributed by atoms with van der Waals surface area (Å²) in [5.41, 5.74) is 2.99. The first-order valence-corrected chi connectivity index (χ1v) is 13.3. The van der Waals surface area contributed by atoms with E-state index in [0.29, 0.717) is 18.6 Å².